The van der Waals surface area contributed by atoms with Gasteiger partial charge >= 0.3 is 5.92 Å². The maximum absolute atomic E-state index is 15.9. The molecule has 2 heterocycles. The number of carbonyl (C=O) groups excluding carboxylic acids is 1. The van der Waals surface area contributed by atoms with Gasteiger partial charge in [0.1, 0.15) is 12.0 Å². The molecule has 1 N–H and O–H groups in total. The van der Waals surface area contributed by atoms with E-state index in [1.807, 2.05) is 0 Å². The molecule has 4 rings (SSSR count). The first-order chi connectivity index (χ1) is 14.7. The third-order valence-electron chi connectivity index (χ3n) is 5.04. The fourth-order valence-corrected chi connectivity index (χ4v) is 3.50. The van der Waals surface area contributed by atoms with E-state index >= 15 is 8.78 Å². The summed E-state index contributed by atoms with van der Waals surface area (Å²) in [6.07, 6.45) is 1.13. The molecule has 0 spiro atoms. The molecule has 0 amide bonds. The van der Waals surface area contributed by atoms with Crippen molar-refractivity contribution in [3.8, 4) is 0 Å². The van der Waals surface area contributed by atoms with E-state index in [0.717, 1.165) is 17.1 Å². The maximum atomic E-state index is 15.9. The molecule has 2 aromatic carbocycles. The lowest BCUT2D eigenvalue weighted by molar-refractivity contribution is -0.206. The van der Waals surface area contributed by atoms with Gasteiger partial charge in [0.15, 0.2) is 11.4 Å². The maximum Gasteiger partial charge on any atom is 0.323 e. The Morgan fingerprint density at radius 3 is 2.52 bits per heavy atom. The minimum Gasteiger partial charge on any atom is -0.377 e. The number of carbonyl (C=O) groups is 1. The van der Waals surface area contributed by atoms with Crippen LogP contribution in [0.1, 0.15) is 28.5 Å². The van der Waals surface area contributed by atoms with Gasteiger partial charge in [-0.25, -0.2) is 9.67 Å². The van der Waals surface area contributed by atoms with Gasteiger partial charge in [-0.15, -0.1) is 5.10 Å². The molecule has 31 heavy (non-hydrogen) atoms. The molecule has 2 aromatic heterocycles. The number of aliphatic hydroxyl groups is 1. The molecular formula is C21H16ClF2N5O2. The Balaban J connectivity index is 1.85. The number of fused-ring (bicyclic) bond motifs is 1. The second-order valence-corrected chi connectivity index (χ2v) is 7.55. The number of hydrogen-bond donors (Lipinski definition) is 1. The molecule has 10 heteroatoms. The van der Waals surface area contributed by atoms with E-state index < -0.39 is 23.8 Å². The molecule has 1 unspecified atom stereocenters. The summed E-state index contributed by atoms with van der Waals surface area (Å²) in [4.78, 5) is 15.6. The Morgan fingerprint density at radius 2 is 1.87 bits per heavy atom. The summed E-state index contributed by atoms with van der Waals surface area (Å²) in [7, 11) is 0. The first-order valence-electron chi connectivity index (χ1n) is 9.20. The predicted octanol–water partition coefficient (Wildman–Crippen LogP) is 3.76. The average molecular weight is 444 g/mol. The number of hydrogen-bond acceptors (Lipinski definition) is 6. The largest absolute Gasteiger partial charge is 0.377 e. The number of aromatic nitrogens is 5. The minimum atomic E-state index is -3.84. The van der Waals surface area contributed by atoms with Gasteiger partial charge in [0.2, 0.25) is 0 Å². The first-order valence-corrected chi connectivity index (χ1v) is 9.58. The predicted molar refractivity (Wildman–Crippen MR) is 109 cm³/mol. The van der Waals surface area contributed by atoms with E-state index in [1.165, 1.54) is 43.3 Å². The number of nitrogens with zero attached hydrogens (tertiary/aromatic N) is 5. The Hall–Kier alpha value is -3.30. The highest BCUT2D eigenvalue weighted by atomic mass is 35.5. The van der Waals surface area contributed by atoms with Gasteiger partial charge in [-0.05, 0) is 47.2 Å². The van der Waals surface area contributed by atoms with Crippen LogP contribution in [0.4, 0.5) is 8.78 Å². The van der Waals surface area contributed by atoms with Gasteiger partial charge in [-0.1, -0.05) is 41.9 Å². The molecule has 0 bridgehead atoms. The van der Waals surface area contributed by atoms with Gasteiger partial charge in [-0.2, -0.15) is 8.78 Å². The summed E-state index contributed by atoms with van der Waals surface area (Å²) in [5.74, 6) is -4.07. The Bertz CT molecular complexity index is 1250. The molecular weight excluding hydrogens is 428 g/mol. The summed E-state index contributed by atoms with van der Waals surface area (Å²) in [5, 5.41) is 22.9. The number of ketones is 1. The summed E-state index contributed by atoms with van der Waals surface area (Å²) in [6, 6.07) is 12.6. The minimum absolute atomic E-state index is 0.115. The van der Waals surface area contributed by atoms with Crippen LogP contribution in [0.3, 0.4) is 0 Å². The summed E-state index contributed by atoms with van der Waals surface area (Å²) < 4.78 is 32.7. The number of tetrazole rings is 1. The van der Waals surface area contributed by atoms with Crippen LogP contribution in [-0.4, -0.2) is 36.1 Å². The van der Waals surface area contributed by atoms with Crippen molar-refractivity contribution in [3.05, 3.63) is 82.8 Å². The van der Waals surface area contributed by atoms with Crippen molar-refractivity contribution in [2.45, 2.75) is 25.0 Å². The van der Waals surface area contributed by atoms with Crippen LogP contribution in [0.15, 0.2) is 60.9 Å². The third kappa shape index (κ3) is 3.77. The van der Waals surface area contributed by atoms with Crippen LogP contribution in [0.25, 0.3) is 10.9 Å². The number of Topliss-reactive ketones (excluding diaryl/α,β-unsaturated/α-hetero) is 1. The fourth-order valence-electron chi connectivity index (χ4n) is 3.32. The van der Waals surface area contributed by atoms with Crippen LogP contribution >= 0.6 is 11.6 Å². The number of halogens is 3. The highest BCUT2D eigenvalue weighted by Crippen LogP contribution is 2.46. The number of rotatable bonds is 6. The van der Waals surface area contributed by atoms with Crippen molar-refractivity contribution in [1.82, 2.24) is 25.2 Å². The van der Waals surface area contributed by atoms with E-state index in [1.54, 1.807) is 12.1 Å². The van der Waals surface area contributed by atoms with Gasteiger partial charge in [0.25, 0.3) is 0 Å². The van der Waals surface area contributed by atoms with Gasteiger partial charge in [0.05, 0.1) is 12.1 Å². The molecule has 0 aliphatic heterocycles. The summed E-state index contributed by atoms with van der Waals surface area (Å²) >= 11 is 5.95. The van der Waals surface area contributed by atoms with Crippen molar-refractivity contribution >= 4 is 28.3 Å². The first kappa shape index (κ1) is 21.0. The Kier molecular flexibility index (Phi) is 5.24. The van der Waals surface area contributed by atoms with Gasteiger partial charge < -0.3 is 5.11 Å². The molecule has 4 aromatic rings. The molecule has 158 valence electrons. The van der Waals surface area contributed by atoms with Crippen LogP contribution < -0.4 is 0 Å². The van der Waals surface area contributed by atoms with E-state index in [0.29, 0.717) is 21.5 Å². The molecule has 1 atom stereocenters. The van der Waals surface area contributed by atoms with Crippen LogP contribution in [0.5, 0.6) is 0 Å². The van der Waals surface area contributed by atoms with E-state index in [-0.39, 0.29) is 11.3 Å². The SMILES string of the molecule is CC(=O)c1ccc(C(O)(Cn2cnnn2)C(F)(F)c2ccc3cc(Cl)ccc3n2)cc1. The number of benzene rings is 2. The lowest BCUT2D eigenvalue weighted by Gasteiger charge is -2.35. The molecule has 0 radical (unpaired) electrons. The summed E-state index contributed by atoms with van der Waals surface area (Å²) in [5.41, 5.74) is -2.87. The molecule has 7 nitrogen and oxygen atoms in total. The molecule has 0 fully saturated rings. The topological polar surface area (TPSA) is 93.8 Å². The zero-order valence-electron chi connectivity index (χ0n) is 16.2. The second-order valence-electron chi connectivity index (χ2n) is 7.11. The average Bonchev–Trinajstić information content (AvgIpc) is 3.26. The van der Waals surface area contributed by atoms with E-state index in [2.05, 4.69) is 20.5 Å². The van der Waals surface area contributed by atoms with Crippen molar-refractivity contribution in [3.63, 3.8) is 0 Å². The van der Waals surface area contributed by atoms with Crippen molar-refractivity contribution in [2.75, 3.05) is 0 Å². The van der Waals surface area contributed by atoms with E-state index in [9.17, 15) is 9.90 Å². The molecule has 0 aliphatic rings. The molecule has 0 saturated heterocycles. The van der Waals surface area contributed by atoms with E-state index in [4.69, 9.17) is 11.6 Å². The Morgan fingerprint density at radius 1 is 1.13 bits per heavy atom. The lowest BCUT2D eigenvalue weighted by Crippen LogP contribution is -2.47. The van der Waals surface area contributed by atoms with Crippen molar-refractivity contribution in [1.29, 1.82) is 0 Å². The normalized spacial score (nSPS) is 13.8. The number of pyridine rings is 1. The smallest absolute Gasteiger partial charge is 0.323 e. The molecule has 0 aliphatic carbocycles. The van der Waals surface area contributed by atoms with Gasteiger partial charge in [0, 0.05) is 16.0 Å². The van der Waals surface area contributed by atoms with Crippen LogP contribution in [0, 0.1) is 0 Å². The zero-order valence-corrected chi connectivity index (χ0v) is 17.0. The quantitative estimate of drug-likeness (QED) is 0.456. The van der Waals surface area contributed by atoms with Crippen molar-refractivity contribution < 1.29 is 18.7 Å². The zero-order chi connectivity index (χ0) is 22.2. The Labute approximate surface area is 180 Å². The monoisotopic (exact) mass is 443 g/mol. The second kappa shape index (κ2) is 7.75. The lowest BCUT2D eigenvalue weighted by atomic mass is 9.84. The molecule has 0 saturated carbocycles. The van der Waals surface area contributed by atoms with Gasteiger partial charge in [-0.3, -0.25) is 4.79 Å². The standard InChI is InChI=1S/C21H16ClF2N5O2/c1-13(30)14-2-5-16(6-3-14)20(31,11-29-12-25-27-28-29)21(23,24)19-9-4-15-10-17(22)7-8-18(15)26-19/h2-10,12,31H,11H2,1H3. The highest BCUT2D eigenvalue weighted by molar-refractivity contribution is 6.31. The third-order valence-corrected chi connectivity index (χ3v) is 5.28. The highest BCUT2D eigenvalue weighted by Gasteiger charge is 2.56. The van der Waals surface area contributed by atoms with Crippen molar-refractivity contribution in [2.24, 2.45) is 0 Å². The number of alkyl halides is 2. The fraction of sp³-hybridized carbons (Fsp3) is 0.190. The van der Waals surface area contributed by atoms with Crippen LogP contribution in [0.2, 0.25) is 5.02 Å². The summed E-state index contributed by atoms with van der Waals surface area (Å²) in [6.45, 7) is 0.717. The van der Waals surface area contributed by atoms with Crippen LogP contribution in [-0.2, 0) is 18.1 Å².